The van der Waals surface area contributed by atoms with Gasteiger partial charge in [0.05, 0.1) is 5.69 Å². The molecule has 1 heterocycles. The summed E-state index contributed by atoms with van der Waals surface area (Å²) in [6, 6.07) is 13.4. The molecule has 4 rings (SSSR count). The molecule has 5 nitrogen and oxygen atoms in total. The molecule has 0 atom stereocenters. The number of carbonyl (C=O) groups is 2. The van der Waals surface area contributed by atoms with E-state index in [4.69, 9.17) is 16.3 Å². The molecule has 1 amide bonds. The average Bonchev–Trinajstić information content (AvgIpc) is 2.71. The van der Waals surface area contributed by atoms with Crippen molar-refractivity contribution < 1.29 is 14.3 Å². The summed E-state index contributed by atoms with van der Waals surface area (Å²) in [6.07, 6.45) is 6.08. The van der Waals surface area contributed by atoms with Gasteiger partial charge in [0.25, 0.3) is 0 Å². The van der Waals surface area contributed by atoms with Gasteiger partial charge in [-0.15, -0.1) is 0 Å². The Kier molecular flexibility index (Phi) is 6.05. The highest BCUT2D eigenvalue weighted by atomic mass is 35.5. The molecule has 1 aliphatic carbocycles. The molecule has 0 spiro atoms. The molecule has 0 radical (unpaired) electrons. The number of ether oxygens (including phenoxy) is 1. The van der Waals surface area contributed by atoms with Crippen molar-refractivity contribution in [1.29, 1.82) is 0 Å². The first kappa shape index (κ1) is 19.8. The molecule has 2 aliphatic rings. The van der Waals surface area contributed by atoms with Crippen LogP contribution in [0.5, 0.6) is 5.75 Å². The van der Waals surface area contributed by atoms with Gasteiger partial charge in [-0.2, -0.15) is 0 Å². The van der Waals surface area contributed by atoms with Crippen LogP contribution in [0.2, 0.25) is 5.02 Å². The van der Waals surface area contributed by atoms with Gasteiger partial charge in [0.1, 0.15) is 6.54 Å². The zero-order chi connectivity index (χ0) is 20.2. The van der Waals surface area contributed by atoms with E-state index in [1.54, 1.807) is 6.07 Å². The molecule has 29 heavy (non-hydrogen) atoms. The van der Waals surface area contributed by atoms with Gasteiger partial charge in [-0.3, -0.25) is 4.79 Å². The van der Waals surface area contributed by atoms with Gasteiger partial charge in [-0.05, 0) is 73.8 Å². The molecule has 152 valence electrons. The van der Waals surface area contributed by atoms with E-state index in [0.29, 0.717) is 29.7 Å². The first-order chi connectivity index (χ1) is 14.0. The van der Waals surface area contributed by atoms with Crippen molar-refractivity contribution in [2.75, 3.05) is 17.2 Å². The first-order valence-electron chi connectivity index (χ1n) is 10.2. The normalized spacial score (nSPS) is 20.9. The lowest BCUT2D eigenvalue weighted by Gasteiger charge is -2.28. The van der Waals surface area contributed by atoms with Gasteiger partial charge < -0.3 is 15.4 Å². The lowest BCUT2D eigenvalue weighted by atomic mass is 9.78. The second-order valence-electron chi connectivity index (χ2n) is 8.01. The molecular formula is C23H25ClN2O3. The Labute approximate surface area is 175 Å². The number of halogens is 1. The fourth-order valence-corrected chi connectivity index (χ4v) is 4.35. The quantitative estimate of drug-likeness (QED) is 0.532. The first-order valence-corrected chi connectivity index (χ1v) is 10.6. The van der Waals surface area contributed by atoms with Crippen LogP contribution in [0.3, 0.4) is 0 Å². The highest BCUT2D eigenvalue weighted by molar-refractivity contribution is 6.30. The number of hydrogen-bond acceptors (Lipinski definition) is 4. The Morgan fingerprint density at radius 2 is 1.79 bits per heavy atom. The van der Waals surface area contributed by atoms with Crippen LogP contribution in [0, 0.1) is 11.8 Å². The molecule has 6 heteroatoms. The average molecular weight is 413 g/mol. The van der Waals surface area contributed by atoms with E-state index in [2.05, 4.69) is 22.8 Å². The standard InChI is InChI=1S/C23H25ClN2O3/c24-18-7-5-16(6-8-18)11-15-1-3-17(4-2-15)12-22(27)26-19-9-10-20-21(13-19)29-23(28)14-25-20/h5-10,13,15,17,25H,1-4,11-12,14H2,(H,26,27). The highest BCUT2D eigenvalue weighted by Gasteiger charge is 2.24. The third-order valence-electron chi connectivity index (χ3n) is 5.79. The van der Waals surface area contributed by atoms with Crippen LogP contribution in [0.1, 0.15) is 37.7 Å². The Bertz CT molecular complexity index is 889. The van der Waals surface area contributed by atoms with Gasteiger partial charge in [0.15, 0.2) is 5.75 Å². The Balaban J connectivity index is 1.24. The maximum atomic E-state index is 12.5. The smallest absolute Gasteiger partial charge is 0.330 e. The number of nitrogens with one attached hydrogen (secondary N) is 2. The van der Waals surface area contributed by atoms with E-state index in [1.807, 2.05) is 24.3 Å². The summed E-state index contributed by atoms with van der Waals surface area (Å²) in [4.78, 5) is 23.9. The number of amides is 1. The number of esters is 1. The van der Waals surface area contributed by atoms with Crippen molar-refractivity contribution >= 4 is 34.9 Å². The van der Waals surface area contributed by atoms with E-state index in [1.165, 1.54) is 5.56 Å². The number of anilines is 2. The molecule has 0 saturated heterocycles. The number of carbonyl (C=O) groups excluding carboxylic acids is 2. The van der Waals surface area contributed by atoms with E-state index in [0.717, 1.165) is 42.8 Å². The number of rotatable bonds is 5. The third kappa shape index (κ3) is 5.30. The fourth-order valence-electron chi connectivity index (χ4n) is 4.22. The van der Waals surface area contributed by atoms with Crippen LogP contribution in [0.4, 0.5) is 11.4 Å². The second-order valence-corrected chi connectivity index (χ2v) is 8.44. The van der Waals surface area contributed by atoms with Crippen LogP contribution >= 0.6 is 11.6 Å². The predicted octanol–water partition coefficient (Wildman–Crippen LogP) is 5.05. The molecule has 0 aromatic heterocycles. The Hall–Kier alpha value is -2.53. The van der Waals surface area contributed by atoms with Gasteiger partial charge in [0, 0.05) is 23.2 Å². The molecule has 2 N–H and O–H groups in total. The second kappa shape index (κ2) is 8.87. The van der Waals surface area contributed by atoms with Gasteiger partial charge in [-0.1, -0.05) is 23.7 Å². The highest BCUT2D eigenvalue weighted by Crippen LogP contribution is 2.34. The maximum Gasteiger partial charge on any atom is 0.330 e. The van der Waals surface area contributed by atoms with Crippen LogP contribution in [0.25, 0.3) is 0 Å². The van der Waals surface area contributed by atoms with Crippen LogP contribution < -0.4 is 15.4 Å². The SMILES string of the molecule is O=C(CC1CCC(Cc2ccc(Cl)cc2)CC1)Nc1ccc2c(c1)OC(=O)CN2. The lowest BCUT2D eigenvalue weighted by Crippen LogP contribution is -2.25. The molecule has 0 bridgehead atoms. The summed E-state index contributed by atoms with van der Waals surface area (Å²) >= 11 is 5.96. The molecule has 0 unspecified atom stereocenters. The monoisotopic (exact) mass is 412 g/mol. The molecular weight excluding hydrogens is 388 g/mol. The third-order valence-corrected chi connectivity index (χ3v) is 6.04. The summed E-state index contributed by atoms with van der Waals surface area (Å²) in [7, 11) is 0. The Morgan fingerprint density at radius 1 is 1.07 bits per heavy atom. The van der Waals surface area contributed by atoms with Crippen molar-refractivity contribution in [3.8, 4) is 5.75 Å². The maximum absolute atomic E-state index is 12.5. The van der Waals surface area contributed by atoms with Gasteiger partial charge in [0.2, 0.25) is 5.91 Å². The van der Waals surface area contributed by atoms with Crippen molar-refractivity contribution in [1.82, 2.24) is 0 Å². The van der Waals surface area contributed by atoms with Crippen molar-refractivity contribution in [2.45, 2.75) is 38.5 Å². The number of fused-ring (bicyclic) bond motifs is 1. The summed E-state index contributed by atoms with van der Waals surface area (Å²) in [5, 5.41) is 6.70. The fraction of sp³-hybridized carbons (Fsp3) is 0.391. The van der Waals surface area contributed by atoms with Gasteiger partial charge >= 0.3 is 5.97 Å². The van der Waals surface area contributed by atoms with Gasteiger partial charge in [-0.25, -0.2) is 4.79 Å². The molecule has 1 aliphatic heterocycles. The lowest BCUT2D eigenvalue weighted by molar-refractivity contribution is -0.132. The topological polar surface area (TPSA) is 67.4 Å². The summed E-state index contributed by atoms with van der Waals surface area (Å²) in [6.45, 7) is 0.166. The minimum Gasteiger partial charge on any atom is -0.423 e. The van der Waals surface area contributed by atoms with E-state index >= 15 is 0 Å². The summed E-state index contributed by atoms with van der Waals surface area (Å²) in [5.74, 6) is 1.26. The van der Waals surface area contributed by atoms with Crippen LogP contribution in [0.15, 0.2) is 42.5 Å². The molecule has 1 saturated carbocycles. The van der Waals surface area contributed by atoms with E-state index in [-0.39, 0.29) is 18.4 Å². The van der Waals surface area contributed by atoms with E-state index in [9.17, 15) is 9.59 Å². The predicted molar refractivity (Wildman–Crippen MR) is 114 cm³/mol. The van der Waals surface area contributed by atoms with Crippen LogP contribution in [-0.4, -0.2) is 18.4 Å². The largest absolute Gasteiger partial charge is 0.423 e. The minimum absolute atomic E-state index is 0.0150. The van der Waals surface area contributed by atoms with Crippen molar-refractivity contribution in [3.63, 3.8) is 0 Å². The van der Waals surface area contributed by atoms with Crippen molar-refractivity contribution in [3.05, 3.63) is 53.1 Å². The minimum atomic E-state index is -0.323. The number of hydrogen-bond donors (Lipinski definition) is 2. The summed E-state index contributed by atoms with van der Waals surface area (Å²) < 4.78 is 5.21. The van der Waals surface area contributed by atoms with Crippen molar-refractivity contribution in [2.24, 2.45) is 11.8 Å². The van der Waals surface area contributed by atoms with E-state index < -0.39 is 0 Å². The molecule has 2 aromatic carbocycles. The van der Waals surface area contributed by atoms with Crippen LogP contribution in [-0.2, 0) is 16.0 Å². The number of benzene rings is 2. The molecule has 1 fully saturated rings. The summed E-state index contributed by atoms with van der Waals surface area (Å²) in [5.41, 5.74) is 2.75. The Morgan fingerprint density at radius 3 is 2.55 bits per heavy atom. The zero-order valence-corrected chi connectivity index (χ0v) is 17.0. The molecule has 2 aromatic rings. The zero-order valence-electron chi connectivity index (χ0n) is 16.2.